The molecule has 2 atom stereocenters. The number of carbonyl (C=O) groups excluding carboxylic acids is 2. The minimum atomic E-state index is -2.84. The summed E-state index contributed by atoms with van der Waals surface area (Å²) in [7, 11) is 0. The first-order chi connectivity index (χ1) is 22.5. The van der Waals surface area contributed by atoms with Crippen molar-refractivity contribution < 1.29 is 27.8 Å². The van der Waals surface area contributed by atoms with Crippen LogP contribution in [0, 0.1) is 5.92 Å². The van der Waals surface area contributed by atoms with Crippen molar-refractivity contribution in [1.82, 2.24) is 34.2 Å². The molecule has 13 nitrogen and oxygen atoms in total. The summed E-state index contributed by atoms with van der Waals surface area (Å²) in [5.74, 6) is 0.662. The summed E-state index contributed by atoms with van der Waals surface area (Å²) in [5.41, 5.74) is -0.391. The molecule has 3 aromatic rings. The summed E-state index contributed by atoms with van der Waals surface area (Å²) in [6.45, 7) is 10.8. The number of anilines is 2. The highest BCUT2D eigenvalue weighted by Gasteiger charge is 2.40. The van der Waals surface area contributed by atoms with Gasteiger partial charge in [0.2, 0.25) is 0 Å². The lowest BCUT2D eigenvalue weighted by Crippen LogP contribution is -2.51. The lowest BCUT2D eigenvalue weighted by molar-refractivity contribution is 0.0125. The van der Waals surface area contributed by atoms with E-state index in [1.165, 1.54) is 16.9 Å². The first kappa shape index (κ1) is 31.7. The van der Waals surface area contributed by atoms with E-state index >= 15 is 0 Å². The van der Waals surface area contributed by atoms with Crippen molar-refractivity contribution in [3.63, 3.8) is 0 Å². The van der Waals surface area contributed by atoms with E-state index in [0.29, 0.717) is 31.3 Å². The number of nitrogens with one attached hydrogen (secondary N) is 1. The first-order valence-corrected chi connectivity index (χ1v) is 16.6. The molecular weight excluding hydrogens is 612 g/mol. The Kier molecular flexibility index (Phi) is 8.53. The largest absolute Gasteiger partial charge is 0.444 e. The van der Waals surface area contributed by atoms with Gasteiger partial charge in [-0.2, -0.15) is 10.2 Å². The number of ether oxygens (including phenoxy) is 2. The van der Waals surface area contributed by atoms with Crippen LogP contribution in [0.1, 0.15) is 81.4 Å². The van der Waals surface area contributed by atoms with E-state index in [2.05, 4.69) is 25.3 Å². The Bertz CT molecular complexity index is 1610. The van der Waals surface area contributed by atoms with Crippen LogP contribution in [0.3, 0.4) is 0 Å². The molecule has 7 rings (SSSR count). The van der Waals surface area contributed by atoms with E-state index in [1.54, 1.807) is 15.8 Å². The zero-order chi connectivity index (χ0) is 32.9. The predicted molar refractivity (Wildman–Crippen MR) is 169 cm³/mol. The molecule has 2 amide bonds. The highest BCUT2D eigenvalue weighted by atomic mass is 19.3. The number of nitrogens with zero attached hydrogens (tertiary/aromatic N) is 8. The third kappa shape index (κ3) is 6.77. The Balaban J connectivity index is 0.956. The van der Waals surface area contributed by atoms with Gasteiger partial charge in [0, 0.05) is 51.7 Å². The Morgan fingerprint density at radius 2 is 1.87 bits per heavy atom. The van der Waals surface area contributed by atoms with Gasteiger partial charge < -0.3 is 24.6 Å². The summed E-state index contributed by atoms with van der Waals surface area (Å²) in [4.78, 5) is 36.9. The normalized spacial score (nSPS) is 25.2. The molecule has 1 N–H and O–H groups in total. The molecule has 3 aromatic heterocycles. The van der Waals surface area contributed by atoms with Crippen molar-refractivity contribution in [2.24, 2.45) is 5.92 Å². The number of piperazine rings is 1. The maximum absolute atomic E-state index is 14.1. The highest BCUT2D eigenvalue weighted by molar-refractivity contribution is 6.08. The van der Waals surface area contributed by atoms with E-state index in [1.807, 2.05) is 26.8 Å². The summed E-state index contributed by atoms with van der Waals surface area (Å²) >= 11 is 0. The van der Waals surface area contributed by atoms with Crippen molar-refractivity contribution in [1.29, 1.82) is 0 Å². The zero-order valence-electron chi connectivity index (χ0n) is 27.1. The van der Waals surface area contributed by atoms with E-state index in [4.69, 9.17) is 14.5 Å². The molecule has 0 aromatic carbocycles. The molecule has 3 saturated heterocycles. The van der Waals surface area contributed by atoms with Gasteiger partial charge in [0.1, 0.15) is 17.0 Å². The molecule has 1 aliphatic carbocycles. The average Bonchev–Trinajstić information content (AvgIpc) is 3.84. The molecule has 4 aliphatic rings. The molecule has 15 heteroatoms. The molecule has 6 heterocycles. The van der Waals surface area contributed by atoms with Crippen LogP contribution in [0.2, 0.25) is 0 Å². The Morgan fingerprint density at radius 3 is 2.53 bits per heavy atom. The number of morpholine rings is 1. The zero-order valence-corrected chi connectivity index (χ0v) is 27.1. The molecule has 2 bridgehead atoms. The van der Waals surface area contributed by atoms with Gasteiger partial charge in [-0.05, 0) is 64.9 Å². The molecule has 0 radical (unpaired) electrons. The number of fused-ring (bicyclic) bond motifs is 3. The van der Waals surface area contributed by atoms with E-state index in [9.17, 15) is 18.4 Å². The van der Waals surface area contributed by atoms with Crippen LogP contribution in [-0.2, 0) is 9.47 Å². The smallest absolute Gasteiger partial charge is 0.410 e. The number of rotatable bonds is 7. The summed E-state index contributed by atoms with van der Waals surface area (Å²) < 4.78 is 42.6. The fraction of sp³-hybridized carbons (Fsp3) is 0.656. The van der Waals surface area contributed by atoms with Gasteiger partial charge in [-0.3, -0.25) is 14.4 Å². The summed E-state index contributed by atoms with van der Waals surface area (Å²) in [5, 5.41) is 11.2. The third-order valence-electron chi connectivity index (χ3n) is 9.74. The lowest BCUT2D eigenvalue weighted by atomic mass is 9.85. The monoisotopic (exact) mass is 655 g/mol. The number of hydrogen-bond donors (Lipinski definition) is 1. The number of alkyl halides is 2. The molecule has 3 aliphatic heterocycles. The second-order valence-corrected chi connectivity index (χ2v) is 14.2. The van der Waals surface area contributed by atoms with Gasteiger partial charge in [-0.1, -0.05) is 0 Å². The Labute approximate surface area is 272 Å². The predicted octanol–water partition coefficient (Wildman–Crippen LogP) is 4.38. The number of hydrogen-bond acceptors (Lipinski definition) is 9. The van der Waals surface area contributed by atoms with Crippen LogP contribution in [0.15, 0.2) is 24.7 Å². The van der Waals surface area contributed by atoms with Gasteiger partial charge >= 0.3 is 6.09 Å². The van der Waals surface area contributed by atoms with Gasteiger partial charge in [0.05, 0.1) is 36.7 Å². The molecule has 47 heavy (non-hydrogen) atoms. The molecule has 0 spiro atoms. The molecular formula is C32H43F2N9O4. The fourth-order valence-electron chi connectivity index (χ4n) is 7.30. The summed E-state index contributed by atoms with van der Waals surface area (Å²) in [6, 6.07) is 2.09. The second-order valence-electron chi connectivity index (χ2n) is 14.2. The van der Waals surface area contributed by atoms with E-state index in [-0.39, 0.29) is 35.5 Å². The number of carbonyl (C=O) groups is 2. The van der Waals surface area contributed by atoms with Crippen molar-refractivity contribution in [2.75, 3.05) is 56.1 Å². The third-order valence-corrected chi connectivity index (χ3v) is 9.74. The number of halogens is 2. The van der Waals surface area contributed by atoms with Crippen LogP contribution in [0.4, 0.5) is 25.1 Å². The standard InChI is InChI=1S/C32H43F2N9O4/c1-32(2,3)47-31(45)40-12-10-39(11-13-40)16-20-4-6-21(7-5-20)43-18-25(27(38-43)28(33)34)36-30(44)24-15-35-42-9-8-26(37-29(24)42)41-17-23-14-22(41)19-46-23/h8-9,15,18,20-23,28H,4-7,10-14,16-17,19H2,1-3H3,(H,36,44)/t20?,21?,22-,23-/m1/s1. The second kappa shape index (κ2) is 12.6. The van der Waals surface area contributed by atoms with Gasteiger partial charge in [0.25, 0.3) is 12.3 Å². The maximum Gasteiger partial charge on any atom is 0.410 e. The Hall–Kier alpha value is -3.85. The average molecular weight is 656 g/mol. The minimum absolute atomic E-state index is 0.000474. The maximum atomic E-state index is 14.1. The van der Waals surface area contributed by atoms with E-state index < -0.39 is 23.6 Å². The van der Waals surface area contributed by atoms with Crippen molar-refractivity contribution in [3.05, 3.63) is 35.9 Å². The van der Waals surface area contributed by atoms with Crippen LogP contribution in [-0.4, -0.2) is 110 Å². The number of aromatic nitrogens is 5. The molecule has 1 saturated carbocycles. The quantitative estimate of drug-likeness (QED) is 0.395. The first-order valence-electron chi connectivity index (χ1n) is 16.6. The van der Waals surface area contributed by atoms with Crippen molar-refractivity contribution >= 4 is 29.2 Å². The van der Waals surface area contributed by atoms with Crippen molar-refractivity contribution in [2.45, 2.75) is 83.1 Å². The lowest BCUT2D eigenvalue weighted by Gasteiger charge is -2.38. The topological polar surface area (TPSA) is 122 Å². The highest BCUT2D eigenvalue weighted by Crippen LogP contribution is 2.36. The number of amides is 2. The Morgan fingerprint density at radius 1 is 1.11 bits per heavy atom. The van der Waals surface area contributed by atoms with Gasteiger partial charge in [0.15, 0.2) is 11.3 Å². The van der Waals surface area contributed by atoms with Crippen LogP contribution in [0.5, 0.6) is 0 Å². The SMILES string of the molecule is CC(C)(C)OC(=O)N1CCN(CC2CCC(n3cc(NC(=O)c4cnn5ccc(N6C[C@H]7C[C@@H]6CO7)nc45)c(C(F)F)n3)CC2)CC1. The van der Waals surface area contributed by atoms with Gasteiger partial charge in [-0.25, -0.2) is 23.1 Å². The molecule has 4 fully saturated rings. The summed E-state index contributed by atoms with van der Waals surface area (Å²) in [6.07, 6.45) is 6.25. The van der Waals surface area contributed by atoms with Crippen LogP contribution >= 0.6 is 0 Å². The van der Waals surface area contributed by atoms with Crippen LogP contribution in [0.25, 0.3) is 5.65 Å². The minimum Gasteiger partial charge on any atom is -0.444 e. The van der Waals surface area contributed by atoms with Crippen LogP contribution < -0.4 is 10.2 Å². The molecule has 0 unspecified atom stereocenters. The fourth-order valence-corrected chi connectivity index (χ4v) is 7.30. The van der Waals surface area contributed by atoms with E-state index in [0.717, 1.165) is 64.1 Å². The molecule has 254 valence electrons. The van der Waals surface area contributed by atoms with Crippen molar-refractivity contribution in [3.8, 4) is 0 Å². The van der Waals surface area contributed by atoms with Gasteiger partial charge in [-0.15, -0.1) is 0 Å².